The highest BCUT2D eigenvalue weighted by molar-refractivity contribution is 9.10. The van der Waals surface area contributed by atoms with Crippen LogP contribution in [0.4, 0.5) is 0 Å². The fourth-order valence-corrected chi connectivity index (χ4v) is 5.46. The Kier molecular flexibility index (Phi) is 5.99. The van der Waals surface area contributed by atoms with Gasteiger partial charge in [0.2, 0.25) is 0 Å². The molecule has 1 aliphatic carbocycles. The number of halogens is 2. The van der Waals surface area contributed by atoms with E-state index < -0.39 is 0 Å². The predicted octanol–water partition coefficient (Wildman–Crippen LogP) is 6.78. The summed E-state index contributed by atoms with van der Waals surface area (Å²) in [6, 6.07) is 15.3. The third kappa shape index (κ3) is 4.37. The first kappa shape index (κ1) is 20.3. The highest BCUT2D eigenvalue weighted by atomic mass is 79.9. The Morgan fingerprint density at radius 2 is 1.87 bits per heavy atom. The van der Waals surface area contributed by atoms with Crippen LogP contribution < -0.4 is 0 Å². The average molecular weight is 485 g/mol. The number of fused-ring (bicyclic) bond motifs is 1. The summed E-state index contributed by atoms with van der Waals surface area (Å²) >= 11 is 9.66. The number of rotatable bonds is 5. The van der Waals surface area contributed by atoms with Gasteiger partial charge < -0.3 is 4.57 Å². The quantitative estimate of drug-likeness (QED) is 0.398. The summed E-state index contributed by atoms with van der Waals surface area (Å²) in [4.78, 5) is 7.67. The molecular weight excluding hydrogens is 458 g/mol. The summed E-state index contributed by atoms with van der Waals surface area (Å²) < 4.78 is 3.37. The molecule has 1 saturated heterocycles. The number of nitrogens with zero attached hydrogens (tertiary/aromatic N) is 3. The molecule has 2 fully saturated rings. The number of hydrogen-bond donors (Lipinski definition) is 0. The van der Waals surface area contributed by atoms with Crippen LogP contribution in [0, 0.1) is 5.92 Å². The fraction of sp³-hybridized carbons (Fsp3) is 0.400. The minimum atomic E-state index is 0.626. The number of imidazole rings is 1. The molecule has 5 heteroatoms. The Hall–Kier alpha value is -1.62. The molecule has 1 unspecified atom stereocenters. The molecule has 1 atom stereocenters. The lowest BCUT2D eigenvalue weighted by Crippen LogP contribution is -2.30. The van der Waals surface area contributed by atoms with Crippen molar-refractivity contribution in [3.63, 3.8) is 0 Å². The summed E-state index contributed by atoms with van der Waals surface area (Å²) in [5.41, 5.74) is 3.41. The minimum Gasteiger partial charge on any atom is -0.320 e. The van der Waals surface area contributed by atoms with E-state index in [2.05, 4.69) is 67.9 Å². The molecule has 0 spiro atoms. The second kappa shape index (κ2) is 8.86. The summed E-state index contributed by atoms with van der Waals surface area (Å²) in [5, 5.41) is 0.770. The molecule has 3 nitrogen and oxygen atoms in total. The van der Waals surface area contributed by atoms with Crippen LogP contribution in [0.1, 0.15) is 43.5 Å². The number of likely N-dealkylation sites (tertiary alicyclic amines) is 1. The minimum absolute atomic E-state index is 0.626. The van der Waals surface area contributed by atoms with Crippen molar-refractivity contribution in [1.29, 1.82) is 0 Å². The largest absolute Gasteiger partial charge is 0.320 e. The SMILES string of the molecule is Clc1ccc(Cn2c(C=CC3CCN(C4CCCC4)C3)nc3cc(Br)ccc32)cc1. The Morgan fingerprint density at radius 3 is 2.67 bits per heavy atom. The zero-order valence-electron chi connectivity index (χ0n) is 17.1. The molecule has 2 heterocycles. The van der Waals surface area contributed by atoms with Gasteiger partial charge in [0.25, 0.3) is 0 Å². The molecule has 0 bridgehead atoms. The van der Waals surface area contributed by atoms with E-state index in [-0.39, 0.29) is 0 Å². The zero-order valence-corrected chi connectivity index (χ0v) is 19.4. The number of aromatic nitrogens is 2. The molecule has 0 radical (unpaired) electrons. The van der Waals surface area contributed by atoms with Crippen LogP contribution in [0.5, 0.6) is 0 Å². The van der Waals surface area contributed by atoms with Crippen LogP contribution in [0.15, 0.2) is 53.0 Å². The van der Waals surface area contributed by atoms with Gasteiger partial charge in [0.05, 0.1) is 11.0 Å². The summed E-state index contributed by atoms with van der Waals surface area (Å²) in [7, 11) is 0. The first-order chi connectivity index (χ1) is 14.7. The molecule has 2 aliphatic rings. The lowest BCUT2D eigenvalue weighted by Gasteiger charge is -2.22. The van der Waals surface area contributed by atoms with Gasteiger partial charge >= 0.3 is 0 Å². The first-order valence-electron chi connectivity index (χ1n) is 11.0. The van der Waals surface area contributed by atoms with Crippen molar-refractivity contribution in [2.24, 2.45) is 5.92 Å². The summed E-state index contributed by atoms with van der Waals surface area (Å²) in [6.07, 6.45) is 11.5. The van der Waals surface area contributed by atoms with Gasteiger partial charge in [-0.2, -0.15) is 0 Å². The van der Waals surface area contributed by atoms with E-state index in [1.165, 1.54) is 50.8 Å². The second-order valence-corrected chi connectivity index (χ2v) is 10.0. The van der Waals surface area contributed by atoms with Crippen molar-refractivity contribution in [2.75, 3.05) is 13.1 Å². The maximum atomic E-state index is 6.08. The summed E-state index contributed by atoms with van der Waals surface area (Å²) in [5.74, 6) is 1.65. The second-order valence-electron chi connectivity index (χ2n) is 8.66. The van der Waals surface area contributed by atoms with Gasteiger partial charge in [-0.3, -0.25) is 4.90 Å². The van der Waals surface area contributed by atoms with E-state index in [1.54, 1.807) is 0 Å². The maximum Gasteiger partial charge on any atom is 0.133 e. The van der Waals surface area contributed by atoms with E-state index in [4.69, 9.17) is 16.6 Å². The van der Waals surface area contributed by atoms with Gasteiger partial charge in [-0.05, 0) is 73.7 Å². The Labute approximate surface area is 191 Å². The molecule has 0 N–H and O–H groups in total. The molecule has 1 aliphatic heterocycles. The van der Waals surface area contributed by atoms with Gasteiger partial charge in [0.15, 0.2) is 0 Å². The van der Waals surface area contributed by atoms with E-state index in [0.717, 1.165) is 38.9 Å². The average Bonchev–Trinajstić information content (AvgIpc) is 3.48. The molecule has 1 saturated carbocycles. The van der Waals surface area contributed by atoms with Crippen molar-refractivity contribution < 1.29 is 0 Å². The number of benzene rings is 2. The highest BCUT2D eigenvalue weighted by Gasteiger charge is 2.28. The molecule has 5 rings (SSSR count). The first-order valence-corrected chi connectivity index (χ1v) is 12.2. The van der Waals surface area contributed by atoms with Crippen molar-refractivity contribution in [3.8, 4) is 0 Å². The third-order valence-electron chi connectivity index (χ3n) is 6.61. The molecule has 2 aromatic carbocycles. The third-order valence-corrected chi connectivity index (χ3v) is 7.35. The van der Waals surface area contributed by atoms with E-state index >= 15 is 0 Å². The maximum absolute atomic E-state index is 6.08. The van der Waals surface area contributed by atoms with Crippen LogP contribution >= 0.6 is 27.5 Å². The van der Waals surface area contributed by atoms with Crippen molar-refractivity contribution in [3.05, 3.63) is 69.4 Å². The Balaban J connectivity index is 1.40. The molecule has 156 valence electrons. The van der Waals surface area contributed by atoms with Gasteiger partial charge in [-0.25, -0.2) is 4.98 Å². The lowest BCUT2D eigenvalue weighted by atomic mass is 10.1. The van der Waals surface area contributed by atoms with Crippen molar-refractivity contribution in [2.45, 2.75) is 44.7 Å². The standard InChI is InChI=1S/C25H27BrClN3/c26-20-8-11-24-23(15-20)28-25(30(24)17-18-5-9-21(27)10-6-18)12-7-19-13-14-29(16-19)22-3-1-2-4-22/h5-12,15,19,22H,1-4,13-14,16-17H2. The smallest absolute Gasteiger partial charge is 0.133 e. The molecule has 30 heavy (non-hydrogen) atoms. The summed E-state index contributed by atoms with van der Waals surface area (Å²) in [6.45, 7) is 3.23. The van der Waals surface area contributed by atoms with Crippen LogP contribution in [0.2, 0.25) is 5.02 Å². The van der Waals surface area contributed by atoms with Crippen LogP contribution in [0.25, 0.3) is 17.1 Å². The normalized spacial score (nSPS) is 20.8. The van der Waals surface area contributed by atoms with Crippen LogP contribution in [0.3, 0.4) is 0 Å². The molecule has 1 aromatic heterocycles. The lowest BCUT2D eigenvalue weighted by molar-refractivity contribution is 0.242. The number of hydrogen-bond acceptors (Lipinski definition) is 2. The topological polar surface area (TPSA) is 21.1 Å². The van der Waals surface area contributed by atoms with Gasteiger partial charge in [-0.15, -0.1) is 0 Å². The van der Waals surface area contributed by atoms with Gasteiger partial charge in [0.1, 0.15) is 5.82 Å². The van der Waals surface area contributed by atoms with Gasteiger partial charge in [0, 0.05) is 28.6 Å². The van der Waals surface area contributed by atoms with E-state index in [1.807, 2.05) is 12.1 Å². The molecule has 0 amide bonds. The Bertz CT molecular complexity index is 1050. The van der Waals surface area contributed by atoms with E-state index in [9.17, 15) is 0 Å². The predicted molar refractivity (Wildman–Crippen MR) is 129 cm³/mol. The Morgan fingerprint density at radius 1 is 1.07 bits per heavy atom. The van der Waals surface area contributed by atoms with Gasteiger partial charge in [-0.1, -0.05) is 58.6 Å². The molecular formula is C25H27BrClN3. The molecule has 3 aromatic rings. The van der Waals surface area contributed by atoms with Crippen LogP contribution in [-0.4, -0.2) is 33.6 Å². The van der Waals surface area contributed by atoms with Crippen molar-refractivity contribution >= 4 is 44.6 Å². The van der Waals surface area contributed by atoms with Crippen molar-refractivity contribution in [1.82, 2.24) is 14.5 Å². The fourth-order valence-electron chi connectivity index (χ4n) is 4.98. The monoisotopic (exact) mass is 483 g/mol. The highest BCUT2D eigenvalue weighted by Crippen LogP contribution is 2.30. The van der Waals surface area contributed by atoms with Crippen LogP contribution in [-0.2, 0) is 6.54 Å². The zero-order chi connectivity index (χ0) is 20.5. The van der Waals surface area contributed by atoms with E-state index in [0.29, 0.717) is 5.92 Å².